The normalized spacial score (nSPS) is 15.9. The van der Waals surface area contributed by atoms with E-state index in [0.717, 1.165) is 42.4 Å². The van der Waals surface area contributed by atoms with Gasteiger partial charge in [-0.25, -0.2) is 0 Å². The lowest BCUT2D eigenvalue weighted by Gasteiger charge is -2.31. The van der Waals surface area contributed by atoms with Crippen molar-refractivity contribution >= 4 is 5.69 Å². The van der Waals surface area contributed by atoms with E-state index in [-0.39, 0.29) is 0 Å². The van der Waals surface area contributed by atoms with Crippen LogP contribution >= 0.6 is 0 Å². The lowest BCUT2D eigenvalue weighted by atomic mass is 9.94. The summed E-state index contributed by atoms with van der Waals surface area (Å²) >= 11 is 0. The molecule has 0 radical (unpaired) electrons. The molecule has 3 nitrogen and oxygen atoms in total. The quantitative estimate of drug-likeness (QED) is 0.805. The molecule has 1 aromatic carbocycles. The van der Waals surface area contributed by atoms with Gasteiger partial charge >= 0.3 is 0 Å². The first-order chi connectivity index (χ1) is 10.2. The summed E-state index contributed by atoms with van der Waals surface area (Å²) in [6.45, 7) is 4.07. The highest BCUT2D eigenvalue weighted by Crippen LogP contribution is 2.21. The van der Waals surface area contributed by atoms with Crippen molar-refractivity contribution in [3.8, 4) is 6.07 Å². The van der Waals surface area contributed by atoms with Crippen LogP contribution in [-0.2, 0) is 0 Å². The van der Waals surface area contributed by atoms with Crippen molar-refractivity contribution in [2.45, 2.75) is 51.5 Å². The minimum absolute atomic E-state index is 0.746. The van der Waals surface area contributed by atoms with Crippen molar-refractivity contribution < 1.29 is 0 Å². The molecule has 0 unspecified atom stereocenters. The highest BCUT2D eigenvalue weighted by molar-refractivity contribution is 5.58. The number of hydrogen-bond acceptors (Lipinski definition) is 3. The van der Waals surface area contributed by atoms with Crippen LogP contribution in [0.1, 0.15) is 49.7 Å². The molecule has 1 saturated carbocycles. The smallest absolute Gasteiger partial charge is 0.101 e. The van der Waals surface area contributed by atoms with Crippen molar-refractivity contribution in [1.82, 2.24) is 4.90 Å². The number of nitrogens with zero attached hydrogens (tertiary/aromatic N) is 2. The third-order valence-electron chi connectivity index (χ3n) is 4.50. The molecule has 0 aliphatic heterocycles. The summed E-state index contributed by atoms with van der Waals surface area (Å²) in [4.78, 5) is 2.52. The van der Waals surface area contributed by atoms with E-state index in [4.69, 9.17) is 5.26 Å². The summed E-state index contributed by atoms with van der Waals surface area (Å²) in [5.74, 6) is 0. The highest BCUT2D eigenvalue weighted by atomic mass is 15.1. The van der Waals surface area contributed by atoms with Crippen molar-refractivity contribution in [2.24, 2.45) is 0 Å². The number of nitrogens with one attached hydrogen (secondary N) is 1. The summed E-state index contributed by atoms with van der Waals surface area (Å²) in [7, 11) is 2.25. The molecule has 0 saturated heterocycles. The first-order valence-electron chi connectivity index (χ1n) is 8.15. The van der Waals surface area contributed by atoms with E-state index in [1.54, 1.807) is 0 Å². The molecule has 1 fully saturated rings. The Bertz CT molecular complexity index is 484. The van der Waals surface area contributed by atoms with E-state index in [1.165, 1.54) is 32.1 Å². The Hall–Kier alpha value is -1.53. The second-order valence-electron chi connectivity index (χ2n) is 6.21. The van der Waals surface area contributed by atoms with E-state index in [9.17, 15) is 0 Å². The van der Waals surface area contributed by atoms with Gasteiger partial charge in [0.05, 0.1) is 11.3 Å². The predicted molar refractivity (Wildman–Crippen MR) is 88.5 cm³/mol. The number of aryl methyl sites for hydroxylation is 1. The SMILES string of the molecule is Cc1ccc(NCCCN(C)C2CCCCC2)c(C#N)c1. The van der Waals surface area contributed by atoms with Crippen LogP contribution in [0.2, 0.25) is 0 Å². The van der Waals surface area contributed by atoms with Crippen LogP contribution in [0.5, 0.6) is 0 Å². The van der Waals surface area contributed by atoms with Crippen LogP contribution < -0.4 is 5.32 Å². The summed E-state index contributed by atoms with van der Waals surface area (Å²) in [5.41, 5.74) is 2.84. The molecule has 0 aromatic heterocycles. The average molecular weight is 285 g/mol. The van der Waals surface area contributed by atoms with Gasteiger partial charge in [-0.15, -0.1) is 0 Å². The Morgan fingerprint density at radius 3 is 2.76 bits per heavy atom. The molecule has 0 amide bonds. The maximum absolute atomic E-state index is 9.16. The lowest BCUT2D eigenvalue weighted by Crippen LogP contribution is -2.34. The van der Waals surface area contributed by atoms with Crippen molar-refractivity contribution in [1.29, 1.82) is 5.26 Å². The van der Waals surface area contributed by atoms with E-state index >= 15 is 0 Å². The molecule has 0 spiro atoms. The van der Waals surface area contributed by atoms with Gasteiger partial charge in [-0.1, -0.05) is 25.3 Å². The Kier molecular flexibility index (Phi) is 6.07. The Morgan fingerprint density at radius 1 is 1.29 bits per heavy atom. The number of hydrogen-bond donors (Lipinski definition) is 1. The van der Waals surface area contributed by atoms with Gasteiger partial charge in [0.15, 0.2) is 0 Å². The second kappa shape index (κ2) is 8.05. The molecule has 0 heterocycles. The zero-order valence-corrected chi connectivity index (χ0v) is 13.4. The van der Waals surface area contributed by atoms with E-state index in [1.807, 2.05) is 19.1 Å². The molecule has 1 N–H and O–H groups in total. The summed E-state index contributed by atoms with van der Waals surface area (Å²) in [5, 5.41) is 12.6. The fourth-order valence-electron chi connectivity index (χ4n) is 3.16. The van der Waals surface area contributed by atoms with E-state index in [2.05, 4.69) is 29.4 Å². The lowest BCUT2D eigenvalue weighted by molar-refractivity contribution is 0.191. The molecule has 1 aliphatic carbocycles. The van der Waals surface area contributed by atoms with E-state index in [0.29, 0.717) is 0 Å². The highest BCUT2D eigenvalue weighted by Gasteiger charge is 2.17. The van der Waals surface area contributed by atoms with Gasteiger partial charge in [-0.2, -0.15) is 5.26 Å². The van der Waals surface area contributed by atoms with Gasteiger partial charge in [-0.05, 0) is 57.5 Å². The first-order valence-corrected chi connectivity index (χ1v) is 8.15. The molecule has 1 aromatic rings. The Morgan fingerprint density at radius 2 is 2.05 bits per heavy atom. The number of benzene rings is 1. The molecular formula is C18H27N3. The minimum Gasteiger partial charge on any atom is -0.384 e. The minimum atomic E-state index is 0.746. The average Bonchev–Trinajstić information content (AvgIpc) is 2.53. The van der Waals surface area contributed by atoms with Gasteiger partial charge in [0.2, 0.25) is 0 Å². The van der Waals surface area contributed by atoms with Crippen LogP contribution in [-0.4, -0.2) is 31.1 Å². The first kappa shape index (κ1) is 15.9. The third-order valence-corrected chi connectivity index (χ3v) is 4.50. The van der Waals surface area contributed by atoms with E-state index < -0.39 is 0 Å². The third kappa shape index (κ3) is 4.75. The molecular weight excluding hydrogens is 258 g/mol. The second-order valence-corrected chi connectivity index (χ2v) is 6.21. The van der Waals surface area contributed by atoms with Gasteiger partial charge in [0.1, 0.15) is 6.07 Å². The summed E-state index contributed by atoms with van der Waals surface area (Å²) < 4.78 is 0. The molecule has 1 aliphatic rings. The van der Waals surface area contributed by atoms with Gasteiger partial charge in [-0.3, -0.25) is 0 Å². The Labute approximate surface area is 129 Å². The predicted octanol–water partition coefficient (Wildman–Crippen LogP) is 3.93. The van der Waals surface area contributed by atoms with Crippen molar-refractivity contribution in [2.75, 3.05) is 25.5 Å². The van der Waals surface area contributed by atoms with Crippen molar-refractivity contribution in [3.05, 3.63) is 29.3 Å². The van der Waals surface area contributed by atoms with Gasteiger partial charge in [0, 0.05) is 12.6 Å². The topological polar surface area (TPSA) is 39.1 Å². The molecule has 2 rings (SSSR count). The molecule has 3 heteroatoms. The summed E-state index contributed by atoms with van der Waals surface area (Å²) in [6.07, 6.45) is 8.03. The van der Waals surface area contributed by atoms with Crippen LogP contribution in [0.15, 0.2) is 18.2 Å². The van der Waals surface area contributed by atoms with Crippen LogP contribution in [0.4, 0.5) is 5.69 Å². The van der Waals surface area contributed by atoms with Gasteiger partial charge in [0.25, 0.3) is 0 Å². The van der Waals surface area contributed by atoms with Gasteiger partial charge < -0.3 is 10.2 Å². The monoisotopic (exact) mass is 285 g/mol. The Balaban J connectivity index is 1.73. The maximum atomic E-state index is 9.16. The zero-order valence-electron chi connectivity index (χ0n) is 13.4. The number of rotatable bonds is 6. The summed E-state index contributed by atoms with van der Waals surface area (Å²) in [6, 6.07) is 9.06. The zero-order chi connectivity index (χ0) is 15.1. The van der Waals surface area contributed by atoms with Crippen LogP contribution in [0.3, 0.4) is 0 Å². The fraction of sp³-hybridized carbons (Fsp3) is 0.611. The largest absolute Gasteiger partial charge is 0.384 e. The number of anilines is 1. The molecule has 0 bridgehead atoms. The maximum Gasteiger partial charge on any atom is 0.101 e. The fourth-order valence-corrected chi connectivity index (χ4v) is 3.16. The molecule has 21 heavy (non-hydrogen) atoms. The van der Waals surface area contributed by atoms with Crippen LogP contribution in [0.25, 0.3) is 0 Å². The standard InChI is InChI=1S/C18H27N3/c1-15-9-10-18(16(13-15)14-19)20-11-6-12-21(2)17-7-4-3-5-8-17/h9-10,13,17,20H,3-8,11-12H2,1-2H3. The molecule has 0 atom stereocenters. The van der Waals surface area contributed by atoms with Crippen LogP contribution in [0, 0.1) is 18.3 Å². The molecule has 114 valence electrons. The number of nitriles is 1. The van der Waals surface area contributed by atoms with Crippen molar-refractivity contribution in [3.63, 3.8) is 0 Å².